The summed E-state index contributed by atoms with van der Waals surface area (Å²) in [5, 5.41) is 2.81. The van der Waals surface area contributed by atoms with Crippen LogP contribution in [0.1, 0.15) is 39.0 Å². The van der Waals surface area contributed by atoms with Crippen molar-refractivity contribution >= 4 is 17.3 Å². The summed E-state index contributed by atoms with van der Waals surface area (Å²) < 4.78 is 10.7. The summed E-state index contributed by atoms with van der Waals surface area (Å²) in [4.78, 5) is 11.9. The fourth-order valence-electron chi connectivity index (χ4n) is 1.93. The lowest BCUT2D eigenvalue weighted by Crippen LogP contribution is -2.13. The van der Waals surface area contributed by atoms with E-state index < -0.39 is 0 Å². The van der Waals surface area contributed by atoms with E-state index in [9.17, 15) is 4.79 Å². The van der Waals surface area contributed by atoms with Crippen molar-refractivity contribution < 1.29 is 14.3 Å². The maximum Gasteiger partial charge on any atom is 0.224 e. The van der Waals surface area contributed by atoms with Crippen LogP contribution >= 0.6 is 0 Å². The maximum absolute atomic E-state index is 11.9. The van der Waals surface area contributed by atoms with Crippen LogP contribution in [-0.2, 0) is 9.53 Å². The predicted molar refractivity (Wildman–Crippen MR) is 85.6 cm³/mol. The number of unbranched alkanes of at least 4 members (excludes halogenated alkanes) is 2. The number of benzene rings is 1. The molecule has 5 nitrogen and oxygen atoms in total. The van der Waals surface area contributed by atoms with Crippen LogP contribution in [0, 0.1) is 0 Å². The Bertz CT molecular complexity index is 436. The minimum Gasteiger partial charge on any atom is -0.495 e. The van der Waals surface area contributed by atoms with Gasteiger partial charge in [0, 0.05) is 25.3 Å². The van der Waals surface area contributed by atoms with Gasteiger partial charge in [-0.15, -0.1) is 0 Å². The Morgan fingerprint density at radius 1 is 1.24 bits per heavy atom. The second kappa shape index (κ2) is 10.0. The average Bonchev–Trinajstić information content (AvgIpc) is 2.46. The Morgan fingerprint density at radius 2 is 2.00 bits per heavy atom. The summed E-state index contributed by atoms with van der Waals surface area (Å²) in [7, 11) is 1.56. The Balaban J connectivity index is 2.26. The van der Waals surface area contributed by atoms with Crippen molar-refractivity contribution in [2.24, 2.45) is 0 Å². The van der Waals surface area contributed by atoms with Crippen molar-refractivity contribution in [1.82, 2.24) is 0 Å². The molecular weight excluding hydrogens is 268 g/mol. The first-order chi connectivity index (χ1) is 10.2. The summed E-state index contributed by atoms with van der Waals surface area (Å²) in [6, 6.07) is 5.17. The highest BCUT2D eigenvalue weighted by Crippen LogP contribution is 2.26. The van der Waals surface area contributed by atoms with Gasteiger partial charge >= 0.3 is 0 Å². The van der Waals surface area contributed by atoms with E-state index in [1.807, 2.05) is 0 Å². The van der Waals surface area contributed by atoms with Crippen LogP contribution in [0.5, 0.6) is 5.75 Å². The molecule has 1 aromatic rings. The topological polar surface area (TPSA) is 73.6 Å². The SMILES string of the molecule is CCCCCOCCCC(=O)Nc1cc(N)ccc1OC. The zero-order chi connectivity index (χ0) is 15.5. The molecule has 0 aliphatic heterocycles. The number of nitrogens with one attached hydrogen (secondary N) is 1. The minimum atomic E-state index is -0.0592. The molecule has 0 aliphatic carbocycles. The lowest BCUT2D eigenvalue weighted by molar-refractivity contribution is -0.116. The molecule has 0 unspecified atom stereocenters. The molecule has 0 atom stereocenters. The Morgan fingerprint density at radius 3 is 2.71 bits per heavy atom. The summed E-state index contributed by atoms with van der Waals surface area (Å²) in [6.07, 6.45) is 4.60. The summed E-state index contributed by atoms with van der Waals surface area (Å²) in [5.74, 6) is 0.546. The molecule has 0 saturated heterocycles. The van der Waals surface area contributed by atoms with E-state index in [-0.39, 0.29) is 5.91 Å². The molecule has 5 heteroatoms. The smallest absolute Gasteiger partial charge is 0.224 e. The van der Waals surface area contributed by atoms with Crippen molar-refractivity contribution in [3.8, 4) is 5.75 Å². The highest BCUT2D eigenvalue weighted by Gasteiger charge is 2.07. The summed E-state index contributed by atoms with van der Waals surface area (Å²) >= 11 is 0. The van der Waals surface area contributed by atoms with Gasteiger partial charge in [-0.3, -0.25) is 4.79 Å². The number of methoxy groups -OCH3 is 1. The summed E-state index contributed by atoms with van der Waals surface area (Å²) in [5.41, 5.74) is 6.90. The first-order valence-electron chi connectivity index (χ1n) is 7.48. The number of hydrogen-bond donors (Lipinski definition) is 2. The number of carbonyl (C=O) groups excluding carboxylic acids is 1. The molecule has 0 saturated carbocycles. The van der Waals surface area contributed by atoms with E-state index in [1.54, 1.807) is 25.3 Å². The molecule has 1 amide bonds. The third kappa shape index (κ3) is 6.99. The van der Waals surface area contributed by atoms with Gasteiger partial charge in [0.15, 0.2) is 0 Å². The van der Waals surface area contributed by atoms with Crippen LogP contribution in [0.3, 0.4) is 0 Å². The quantitative estimate of drug-likeness (QED) is 0.513. The molecule has 118 valence electrons. The van der Waals surface area contributed by atoms with Crippen molar-refractivity contribution in [2.75, 3.05) is 31.4 Å². The first kappa shape index (κ1) is 17.3. The molecule has 1 rings (SSSR count). The molecule has 21 heavy (non-hydrogen) atoms. The number of nitrogen functional groups attached to an aromatic ring is 1. The molecule has 0 aromatic heterocycles. The number of amides is 1. The zero-order valence-corrected chi connectivity index (χ0v) is 13.0. The Labute approximate surface area is 126 Å². The van der Waals surface area contributed by atoms with E-state index in [1.165, 1.54) is 12.8 Å². The average molecular weight is 294 g/mol. The second-order valence-corrected chi connectivity index (χ2v) is 4.93. The molecule has 0 aliphatic rings. The molecule has 0 spiro atoms. The van der Waals surface area contributed by atoms with Crippen molar-refractivity contribution in [1.29, 1.82) is 0 Å². The third-order valence-electron chi connectivity index (χ3n) is 3.08. The van der Waals surface area contributed by atoms with Crippen LogP contribution in [0.4, 0.5) is 11.4 Å². The number of hydrogen-bond acceptors (Lipinski definition) is 4. The molecule has 3 N–H and O–H groups in total. The van der Waals surface area contributed by atoms with Gasteiger partial charge in [-0.25, -0.2) is 0 Å². The van der Waals surface area contributed by atoms with Crippen LogP contribution in [0.25, 0.3) is 0 Å². The monoisotopic (exact) mass is 294 g/mol. The van der Waals surface area contributed by atoms with Crippen LogP contribution in [0.15, 0.2) is 18.2 Å². The number of nitrogens with two attached hydrogens (primary N) is 1. The highest BCUT2D eigenvalue weighted by molar-refractivity contribution is 5.92. The van der Waals surface area contributed by atoms with Gasteiger partial charge in [0.25, 0.3) is 0 Å². The van der Waals surface area contributed by atoms with Gasteiger partial charge in [-0.2, -0.15) is 0 Å². The van der Waals surface area contributed by atoms with Crippen molar-refractivity contribution in [2.45, 2.75) is 39.0 Å². The Kier molecular flexibility index (Phi) is 8.28. The van der Waals surface area contributed by atoms with Gasteiger partial charge < -0.3 is 20.5 Å². The van der Waals surface area contributed by atoms with E-state index in [2.05, 4.69) is 12.2 Å². The van der Waals surface area contributed by atoms with Crippen LogP contribution in [0.2, 0.25) is 0 Å². The van der Waals surface area contributed by atoms with Gasteiger partial charge in [0.2, 0.25) is 5.91 Å². The zero-order valence-electron chi connectivity index (χ0n) is 13.0. The molecule has 0 heterocycles. The van der Waals surface area contributed by atoms with E-state index in [0.717, 1.165) is 13.0 Å². The Hall–Kier alpha value is -1.75. The van der Waals surface area contributed by atoms with Gasteiger partial charge in [-0.1, -0.05) is 19.8 Å². The first-order valence-corrected chi connectivity index (χ1v) is 7.48. The summed E-state index contributed by atoms with van der Waals surface area (Å²) in [6.45, 7) is 3.55. The van der Waals surface area contributed by atoms with Gasteiger partial charge in [0.1, 0.15) is 5.75 Å². The normalized spacial score (nSPS) is 10.4. The van der Waals surface area contributed by atoms with Crippen molar-refractivity contribution in [3.63, 3.8) is 0 Å². The largest absolute Gasteiger partial charge is 0.495 e. The maximum atomic E-state index is 11.9. The van der Waals surface area contributed by atoms with Crippen LogP contribution in [-0.4, -0.2) is 26.2 Å². The molecule has 0 radical (unpaired) electrons. The number of rotatable bonds is 10. The fourth-order valence-corrected chi connectivity index (χ4v) is 1.93. The lowest BCUT2D eigenvalue weighted by Gasteiger charge is -2.11. The standard InChI is InChI=1S/C16H26N2O3/c1-3-4-5-10-21-11-6-7-16(19)18-14-12-13(17)8-9-15(14)20-2/h8-9,12H,3-7,10-11,17H2,1-2H3,(H,18,19). The fraction of sp³-hybridized carbons (Fsp3) is 0.562. The third-order valence-corrected chi connectivity index (χ3v) is 3.08. The van der Waals surface area contributed by atoms with Crippen LogP contribution < -0.4 is 15.8 Å². The second-order valence-electron chi connectivity index (χ2n) is 4.93. The molecule has 1 aromatic carbocycles. The van der Waals surface area contributed by atoms with Gasteiger partial charge in [0.05, 0.1) is 12.8 Å². The van der Waals surface area contributed by atoms with E-state index in [0.29, 0.717) is 36.6 Å². The minimum absolute atomic E-state index is 0.0592. The molecule has 0 bridgehead atoms. The molecular formula is C16H26N2O3. The predicted octanol–water partition coefficient (Wildman–Crippen LogP) is 3.20. The number of carbonyl (C=O) groups is 1. The number of anilines is 2. The molecule has 0 fully saturated rings. The highest BCUT2D eigenvalue weighted by atomic mass is 16.5. The van der Waals surface area contributed by atoms with Crippen molar-refractivity contribution in [3.05, 3.63) is 18.2 Å². The van der Waals surface area contributed by atoms with Gasteiger partial charge in [-0.05, 0) is 31.0 Å². The lowest BCUT2D eigenvalue weighted by atomic mass is 10.2. The van der Waals surface area contributed by atoms with E-state index in [4.69, 9.17) is 15.2 Å². The number of ether oxygens (including phenoxy) is 2. The van der Waals surface area contributed by atoms with E-state index >= 15 is 0 Å².